The Bertz CT molecular complexity index is 1180. The van der Waals surface area contributed by atoms with E-state index in [1.165, 1.54) is 11.3 Å². The Kier molecular flexibility index (Phi) is 3.78. The number of benzene rings is 1. The second kappa shape index (κ2) is 6.16. The Morgan fingerprint density at radius 1 is 1.19 bits per heavy atom. The van der Waals surface area contributed by atoms with E-state index in [-0.39, 0.29) is 12.4 Å². The van der Waals surface area contributed by atoms with Crippen LogP contribution in [-0.2, 0) is 6.67 Å². The molecule has 3 aromatic rings. The molecule has 0 saturated carbocycles. The molecule has 0 spiro atoms. The normalized spacial score (nSPS) is 15.9. The summed E-state index contributed by atoms with van der Waals surface area (Å²) in [6, 6.07) is 9.45. The van der Waals surface area contributed by atoms with Crippen LogP contribution in [-0.4, -0.2) is 18.0 Å². The van der Waals surface area contributed by atoms with Gasteiger partial charge in [-0.1, -0.05) is 11.3 Å². The summed E-state index contributed by atoms with van der Waals surface area (Å²) in [4.78, 5) is 20.1. The number of hydrogen-bond donors (Lipinski definition) is 0. The lowest BCUT2D eigenvalue weighted by Crippen LogP contribution is -2.42. The summed E-state index contributed by atoms with van der Waals surface area (Å²) in [5.74, 6) is 2.12. The average Bonchev–Trinajstić information content (AvgIpc) is 3.35. The Morgan fingerprint density at radius 2 is 2.08 bits per heavy atom. The van der Waals surface area contributed by atoms with Gasteiger partial charge in [-0.3, -0.25) is 9.36 Å². The largest absolute Gasteiger partial charge is 0.454 e. The smallest absolute Gasteiger partial charge is 0.271 e. The predicted molar refractivity (Wildman–Crippen MR) is 104 cm³/mol. The number of furan rings is 1. The van der Waals surface area contributed by atoms with Gasteiger partial charge < -0.3 is 18.8 Å². The van der Waals surface area contributed by atoms with Crippen molar-refractivity contribution in [3.8, 4) is 11.5 Å². The van der Waals surface area contributed by atoms with Gasteiger partial charge in [0.2, 0.25) is 6.79 Å². The van der Waals surface area contributed by atoms with E-state index in [9.17, 15) is 4.79 Å². The molecule has 0 fully saturated rings. The van der Waals surface area contributed by atoms with E-state index >= 15 is 0 Å². The maximum Gasteiger partial charge on any atom is 0.271 e. The summed E-state index contributed by atoms with van der Waals surface area (Å²) in [5.41, 5.74) is 0.874. The molecule has 0 N–H and O–H groups in total. The first kappa shape index (κ1) is 15.9. The molecule has 0 aliphatic carbocycles. The van der Waals surface area contributed by atoms with E-state index in [2.05, 4.69) is 27.6 Å². The van der Waals surface area contributed by atoms with Crippen LogP contribution in [0.5, 0.6) is 11.5 Å². The summed E-state index contributed by atoms with van der Waals surface area (Å²) < 4.78 is 19.4. The van der Waals surface area contributed by atoms with Gasteiger partial charge in [0.15, 0.2) is 20.1 Å². The molecule has 1 aromatic carbocycles. The molecule has 5 rings (SSSR count). The molecule has 132 valence electrons. The number of hydrogen-bond acceptors (Lipinski definition) is 7. The summed E-state index contributed by atoms with van der Waals surface area (Å²) in [5, 5.41) is 0. The van der Waals surface area contributed by atoms with Crippen LogP contribution >= 0.6 is 33.9 Å². The van der Waals surface area contributed by atoms with Crippen LogP contribution in [0.1, 0.15) is 5.76 Å². The predicted octanol–water partition coefficient (Wildman–Crippen LogP) is 1.72. The van der Waals surface area contributed by atoms with Crippen molar-refractivity contribution in [2.24, 2.45) is 4.99 Å². The molecule has 0 saturated heterocycles. The molecule has 0 atom stereocenters. The second-order valence-electron chi connectivity index (χ2n) is 5.79. The zero-order valence-corrected chi connectivity index (χ0v) is 16.3. The lowest BCUT2D eigenvalue weighted by Gasteiger charge is -2.25. The lowest BCUT2D eigenvalue weighted by molar-refractivity contribution is 0.174. The van der Waals surface area contributed by atoms with Gasteiger partial charge in [0.25, 0.3) is 5.56 Å². The molecule has 7 nitrogen and oxygen atoms in total. The van der Waals surface area contributed by atoms with Crippen LogP contribution in [0, 0.1) is 3.77 Å². The highest BCUT2D eigenvalue weighted by molar-refractivity contribution is 14.1. The Hall–Kier alpha value is -2.27. The van der Waals surface area contributed by atoms with E-state index in [1.54, 1.807) is 10.6 Å². The molecule has 4 heterocycles. The molecule has 2 aromatic heterocycles. The third-order valence-corrected chi connectivity index (χ3v) is 5.79. The van der Waals surface area contributed by atoms with Gasteiger partial charge in [0.1, 0.15) is 19.1 Å². The highest BCUT2D eigenvalue weighted by atomic mass is 127. The number of thiazole rings is 1. The maximum absolute atomic E-state index is 12.8. The highest BCUT2D eigenvalue weighted by Crippen LogP contribution is 2.35. The van der Waals surface area contributed by atoms with Gasteiger partial charge >= 0.3 is 0 Å². The molecule has 0 amide bonds. The standard InChI is InChI=1S/C17H12IN3O4S/c18-15-4-2-11(25-15)6-14-16(22)21-8-20(7-19-17(21)26-14)10-1-3-12-13(5-10)24-9-23-12/h1-6H,7-9H2. The van der Waals surface area contributed by atoms with Crippen molar-refractivity contribution in [2.75, 3.05) is 18.4 Å². The van der Waals surface area contributed by atoms with Gasteiger partial charge in [-0.05, 0) is 46.9 Å². The first-order valence-corrected chi connectivity index (χ1v) is 9.73. The van der Waals surface area contributed by atoms with E-state index in [0.717, 1.165) is 20.0 Å². The van der Waals surface area contributed by atoms with Crippen LogP contribution in [0.25, 0.3) is 6.08 Å². The number of aromatic nitrogens is 1. The van der Waals surface area contributed by atoms with Crippen LogP contribution < -0.4 is 29.3 Å². The summed E-state index contributed by atoms with van der Waals surface area (Å²) >= 11 is 3.48. The van der Waals surface area contributed by atoms with Crippen molar-refractivity contribution in [2.45, 2.75) is 6.67 Å². The molecular weight excluding hydrogens is 469 g/mol. The van der Waals surface area contributed by atoms with Gasteiger partial charge in [-0.2, -0.15) is 0 Å². The third-order valence-electron chi connectivity index (χ3n) is 4.17. The van der Waals surface area contributed by atoms with Gasteiger partial charge in [-0.25, -0.2) is 4.99 Å². The number of nitrogens with zero attached hydrogens (tertiary/aromatic N) is 3. The topological polar surface area (TPSA) is 69.2 Å². The molecule has 0 unspecified atom stereocenters. The van der Waals surface area contributed by atoms with Gasteiger partial charge in [-0.15, -0.1) is 0 Å². The fourth-order valence-electron chi connectivity index (χ4n) is 2.89. The number of ether oxygens (including phenoxy) is 2. The minimum Gasteiger partial charge on any atom is -0.454 e. The Labute approximate surface area is 164 Å². The SMILES string of the molecule is O=c1c(=Cc2ccc(I)o2)sc2n1CN(c1ccc3c(c1)OCO3)CN=2. The summed E-state index contributed by atoms with van der Waals surface area (Å²) in [6.07, 6.45) is 1.76. The van der Waals surface area contributed by atoms with E-state index in [1.807, 2.05) is 35.2 Å². The van der Waals surface area contributed by atoms with Gasteiger partial charge in [0.05, 0.1) is 4.53 Å². The molecule has 0 radical (unpaired) electrons. The minimum absolute atomic E-state index is 0.0643. The van der Waals surface area contributed by atoms with Crippen molar-refractivity contribution in [1.82, 2.24) is 4.57 Å². The quantitative estimate of drug-likeness (QED) is 0.522. The van der Waals surface area contributed by atoms with Crippen molar-refractivity contribution >= 4 is 45.7 Å². The molecule has 26 heavy (non-hydrogen) atoms. The van der Waals surface area contributed by atoms with Crippen molar-refractivity contribution in [3.63, 3.8) is 0 Å². The van der Waals surface area contributed by atoms with Crippen LogP contribution in [0.15, 0.2) is 44.5 Å². The van der Waals surface area contributed by atoms with E-state index in [4.69, 9.17) is 13.9 Å². The zero-order valence-electron chi connectivity index (χ0n) is 13.3. The van der Waals surface area contributed by atoms with Crippen molar-refractivity contribution < 1.29 is 13.9 Å². The average molecular weight is 481 g/mol. The second-order valence-corrected chi connectivity index (χ2v) is 7.86. The molecule has 9 heteroatoms. The van der Waals surface area contributed by atoms with Gasteiger partial charge in [0, 0.05) is 17.8 Å². The number of halogens is 1. The lowest BCUT2D eigenvalue weighted by atomic mass is 10.2. The number of fused-ring (bicyclic) bond motifs is 2. The molecule has 2 aliphatic heterocycles. The van der Waals surface area contributed by atoms with E-state index < -0.39 is 0 Å². The molecule has 0 bridgehead atoms. The fourth-order valence-corrected chi connectivity index (χ4v) is 4.27. The maximum atomic E-state index is 12.8. The molecule has 2 aliphatic rings. The first-order valence-electron chi connectivity index (χ1n) is 7.83. The summed E-state index contributed by atoms with van der Waals surface area (Å²) in [6.45, 7) is 1.16. The minimum atomic E-state index is -0.0643. The Balaban J connectivity index is 1.50. The highest BCUT2D eigenvalue weighted by Gasteiger charge is 2.19. The number of anilines is 1. The van der Waals surface area contributed by atoms with Crippen LogP contribution in [0.4, 0.5) is 5.69 Å². The van der Waals surface area contributed by atoms with E-state index in [0.29, 0.717) is 29.4 Å². The van der Waals surface area contributed by atoms with Crippen LogP contribution in [0.2, 0.25) is 0 Å². The first-order chi connectivity index (χ1) is 12.7. The van der Waals surface area contributed by atoms with Crippen molar-refractivity contribution in [1.29, 1.82) is 0 Å². The monoisotopic (exact) mass is 481 g/mol. The van der Waals surface area contributed by atoms with Crippen molar-refractivity contribution in [3.05, 3.63) is 59.5 Å². The molecular formula is C17H12IN3O4S. The summed E-state index contributed by atoms with van der Waals surface area (Å²) in [7, 11) is 0. The Morgan fingerprint density at radius 3 is 2.92 bits per heavy atom. The third kappa shape index (κ3) is 2.71. The zero-order chi connectivity index (χ0) is 17.7. The van der Waals surface area contributed by atoms with Crippen LogP contribution in [0.3, 0.4) is 0 Å². The number of rotatable bonds is 2. The fraction of sp³-hybridized carbons (Fsp3) is 0.176.